The fraction of sp³-hybridized carbons (Fsp3) is 0.0435. The van der Waals surface area contributed by atoms with E-state index >= 15 is 0 Å². The summed E-state index contributed by atoms with van der Waals surface area (Å²) in [5, 5.41) is 11.5. The van der Waals surface area contributed by atoms with E-state index in [1.807, 2.05) is 84.9 Å². The zero-order valence-corrected chi connectivity index (χ0v) is 29.2. The van der Waals surface area contributed by atoms with Gasteiger partial charge in [-0.25, -0.2) is 4.98 Å². The summed E-state index contributed by atoms with van der Waals surface area (Å²) in [5.41, 5.74) is 14.5. The van der Waals surface area contributed by atoms with Crippen molar-refractivity contribution in [2.24, 2.45) is 0 Å². The minimum atomic E-state index is -0.368. The van der Waals surface area contributed by atoms with Gasteiger partial charge in [0.25, 0.3) is 5.69 Å². The van der Waals surface area contributed by atoms with Crippen molar-refractivity contribution >= 4 is 5.69 Å². The Hall–Kier alpha value is -7.12. The molecular weight excluding hydrogens is 655 g/mol. The molecule has 7 heteroatoms. The number of hydrogen-bond donors (Lipinski definition) is 0. The van der Waals surface area contributed by atoms with Crippen LogP contribution >= 0.6 is 0 Å². The van der Waals surface area contributed by atoms with E-state index < -0.39 is 0 Å². The molecule has 8 aromatic rings. The molecule has 0 bridgehead atoms. The number of aromatic nitrogens is 4. The molecule has 0 atom stereocenters. The molecule has 0 fully saturated rings. The van der Waals surface area contributed by atoms with E-state index in [1.165, 1.54) is 0 Å². The van der Waals surface area contributed by atoms with Crippen molar-refractivity contribution < 1.29 is 9.49 Å². The molecule has 0 spiro atoms. The summed E-state index contributed by atoms with van der Waals surface area (Å²) in [7, 11) is 0. The summed E-state index contributed by atoms with van der Waals surface area (Å²) in [6.45, 7) is 4.32. The van der Waals surface area contributed by atoms with Crippen LogP contribution in [0.4, 0.5) is 5.69 Å². The lowest BCUT2D eigenvalue weighted by Crippen LogP contribution is -2.38. The Morgan fingerprint density at radius 2 is 0.925 bits per heavy atom. The number of aryl methyl sites for hydroxylation is 2. The van der Waals surface area contributed by atoms with Crippen molar-refractivity contribution in [3.8, 4) is 73.2 Å². The summed E-state index contributed by atoms with van der Waals surface area (Å²) < 4.78 is 2.35. The molecule has 254 valence electrons. The number of nitrogens with zero attached hydrogens (tertiary/aromatic N) is 5. The molecule has 4 aromatic carbocycles. The monoisotopic (exact) mass is 688 g/mol. The number of nitro groups is 1. The molecule has 0 N–H and O–H groups in total. The Morgan fingerprint density at radius 3 is 1.38 bits per heavy atom. The number of nitro benzene ring substituents is 1. The number of hydrogen-bond acceptors (Lipinski definition) is 5. The zero-order chi connectivity index (χ0) is 36.3. The van der Waals surface area contributed by atoms with Crippen molar-refractivity contribution in [2.75, 3.05) is 0 Å². The molecule has 0 radical (unpaired) electrons. The van der Waals surface area contributed by atoms with Crippen LogP contribution < -0.4 is 4.57 Å². The first-order valence-electron chi connectivity index (χ1n) is 17.4. The molecule has 0 amide bonds. The summed E-state index contributed by atoms with van der Waals surface area (Å²) >= 11 is 0. The molecule has 4 aromatic heterocycles. The lowest BCUT2D eigenvalue weighted by Gasteiger charge is -2.16. The highest BCUT2D eigenvalue weighted by Crippen LogP contribution is 2.35. The third-order valence-corrected chi connectivity index (χ3v) is 9.34. The molecule has 53 heavy (non-hydrogen) atoms. The first-order valence-corrected chi connectivity index (χ1v) is 17.4. The highest BCUT2D eigenvalue weighted by Gasteiger charge is 2.28. The van der Waals surface area contributed by atoms with Gasteiger partial charge in [0, 0.05) is 58.9 Å². The van der Waals surface area contributed by atoms with Crippen molar-refractivity contribution in [2.45, 2.75) is 13.8 Å². The van der Waals surface area contributed by atoms with Gasteiger partial charge in [-0.1, -0.05) is 48.5 Å². The third-order valence-electron chi connectivity index (χ3n) is 9.34. The second-order valence-electron chi connectivity index (χ2n) is 12.9. The maximum atomic E-state index is 11.5. The van der Waals surface area contributed by atoms with Crippen LogP contribution in [-0.4, -0.2) is 19.9 Å². The highest BCUT2D eigenvalue weighted by molar-refractivity contribution is 5.78. The largest absolute Gasteiger partial charge is 0.269 e. The molecule has 0 unspecified atom stereocenters. The number of pyridine rings is 4. The predicted octanol–water partition coefficient (Wildman–Crippen LogP) is 10.7. The van der Waals surface area contributed by atoms with Gasteiger partial charge in [-0.15, -0.1) is 0 Å². The fourth-order valence-electron chi connectivity index (χ4n) is 6.88. The van der Waals surface area contributed by atoms with E-state index in [1.54, 1.807) is 24.5 Å². The standard InChI is InChI=1S/C46H34N5O2/c1-31-25-36(37-27-42(40-17-9-11-23-47-40)49-43(28-37)41-18-10-12-24-48-41)26-32(2)46(31)50-44(34-13-5-3-6-14-34)29-38(30-45(50)35-15-7-4-8-16-35)33-19-21-39(22-20-33)51(52)53/h3-30H,1-2H3/q+1. The van der Waals surface area contributed by atoms with E-state index in [9.17, 15) is 10.1 Å². The van der Waals surface area contributed by atoms with Crippen molar-refractivity contribution in [3.05, 3.63) is 191 Å². The molecular formula is C46H34N5O2+. The van der Waals surface area contributed by atoms with Gasteiger partial charge in [-0.05, 0) is 121 Å². The molecule has 7 nitrogen and oxygen atoms in total. The van der Waals surface area contributed by atoms with Crippen LogP contribution in [0.1, 0.15) is 11.1 Å². The van der Waals surface area contributed by atoms with E-state index in [2.05, 4.69) is 89.0 Å². The molecule has 0 aliphatic rings. The van der Waals surface area contributed by atoms with Gasteiger partial charge < -0.3 is 0 Å². The highest BCUT2D eigenvalue weighted by atomic mass is 16.6. The molecule has 0 aliphatic heterocycles. The van der Waals surface area contributed by atoms with Crippen LogP contribution in [0.15, 0.2) is 170 Å². The summed E-state index contributed by atoms with van der Waals surface area (Å²) in [5.74, 6) is 0. The van der Waals surface area contributed by atoms with Crippen LogP contribution in [0, 0.1) is 24.0 Å². The number of benzene rings is 4. The smallest absolute Gasteiger partial charge is 0.258 e. The molecule has 0 saturated carbocycles. The number of rotatable bonds is 8. The number of non-ortho nitro benzene ring substituents is 1. The van der Waals surface area contributed by atoms with Crippen LogP contribution in [0.3, 0.4) is 0 Å². The zero-order valence-electron chi connectivity index (χ0n) is 29.2. The van der Waals surface area contributed by atoms with Gasteiger partial charge in [0.2, 0.25) is 17.1 Å². The van der Waals surface area contributed by atoms with E-state index in [0.29, 0.717) is 0 Å². The maximum Gasteiger partial charge on any atom is 0.269 e. The van der Waals surface area contributed by atoms with Gasteiger partial charge in [-0.2, -0.15) is 4.57 Å². The summed E-state index contributed by atoms with van der Waals surface area (Å²) in [6.07, 6.45) is 3.57. The van der Waals surface area contributed by atoms with Crippen molar-refractivity contribution in [1.29, 1.82) is 0 Å². The normalized spacial score (nSPS) is 11.0. The lowest BCUT2D eigenvalue weighted by atomic mass is 9.94. The van der Waals surface area contributed by atoms with Gasteiger partial charge in [0.05, 0.1) is 27.7 Å². The quantitative estimate of drug-likeness (QED) is 0.0901. The average Bonchev–Trinajstić information content (AvgIpc) is 3.21. The predicted molar refractivity (Wildman–Crippen MR) is 210 cm³/mol. The third kappa shape index (κ3) is 6.71. The maximum absolute atomic E-state index is 11.5. The van der Waals surface area contributed by atoms with Crippen LogP contribution in [-0.2, 0) is 0 Å². The Labute approximate surface area is 307 Å². The Kier molecular flexibility index (Phi) is 8.88. The molecule has 8 rings (SSSR count). The summed E-state index contributed by atoms with van der Waals surface area (Å²) in [6, 6.07) is 52.2. The van der Waals surface area contributed by atoms with Crippen LogP contribution in [0.5, 0.6) is 0 Å². The minimum absolute atomic E-state index is 0.0613. The van der Waals surface area contributed by atoms with E-state index in [4.69, 9.17) is 4.98 Å². The van der Waals surface area contributed by atoms with Crippen molar-refractivity contribution in [3.63, 3.8) is 0 Å². The SMILES string of the molecule is Cc1cc(-c2cc(-c3ccccn3)nc(-c3ccccn3)c2)cc(C)c1-[n+]1c(-c2ccccc2)cc(-c2ccc([N+](=O)[O-])cc2)cc1-c1ccccc1. The summed E-state index contributed by atoms with van der Waals surface area (Å²) in [4.78, 5) is 25.3. The van der Waals surface area contributed by atoms with Gasteiger partial charge in [-0.3, -0.25) is 20.1 Å². The Bertz CT molecular complexity index is 2440. The topological polar surface area (TPSA) is 85.7 Å². The lowest BCUT2D eigenvalue weighted by molar-refractivity contribution is -0.572. The van der Waals surface area contributed by atoms with Gasteiger partial charge in [0.15, 0.2) is 0 Å². The molecule has 4 heterocycles. The minimum Gasteiger partial charge on any atom is -0.258 e. The van der Waals surface area contributed by atoms with Crippen LogP contribution in [0.2, 0.25) is 0 Å². The fourth-order valence-corrected chi connectivity index (χ4v) is 6.88. The van der Waals surface area contributed by atoms with Gasteiger partial charge in [0.1, 0.15) is 0 Å². The van der Waals surface area contributed by atoms with Gasteiger partial charge >= 0.3 is 0 Å². The first kappa shape index (κ1) is 33.0. The van der Waals surface area contributed by atoms with E-state index in [0.717, 1.165) is 84.4 Å². The van der Waals surface area contributed by atoms with Crippen LogP contribution in [0.25, 0.3) is 73.2 Å². The van der Waals surface area contributed by atoms with Crippen molar-refractivity contribution in [1.82, 2.24) is 15.0 Å². The molecule has 0 aliphatic carbocycles. The average molecular weight is 689 g/mol. The Balaban J connectivity index is 1.35. The first-order chi connectivity index (χ1) is 25.9. The molecule has 0 saturated heterocycles. The van der Waals surface area contributed by atoms with E-state index in [-0.39, 0.29) is 10.6 Å². The second kappa shape index (κ2) is 14.2. The Morgan fingerprint density at radius 1 is 0.472 bits per heavy atom. The second-order valence-corrected chi connectivity index (χ2v) is 12.9.